The van der Waals surface area contributed by atoms with E-state index in [0.29, 0.717) is 11.4 Å². The molecule has 0 unspecified atom stereocenters. The van der Waals surface area contributed by atoms with Gasteiger partial charge in [-0.3, -0.25) is 0 Å². The van der Waals surface area contributed by atoms with Gasteiger partial charge in [0.15, 0.2) is 0 Å². The molecule has 2 rings (SSSR count). The molecule has 1 aromatic carbocycles. The zero-order valence-corrected chi connectivity index (χ0v) is 15.0. The van der Waals surface area contributed by atoms with Crippen molar-refractivity contribution in [2.45, 2.75) is 40.5 Å². The molecule has 24 heavy (non-hydrogen) atoms. The molecule has 0 bridgehead atoms. The second kappa shape index (κ2) is 7.95. The maximum Gasteiger partial charge on any atom is 0.340 e. The lowest BCUT2D eigenvalue weighted by Crippen LogP contribution is -2.28. The van der Waals surface area contributed by atoms with Gasteiger partial charge in [-0.1, -0.05) is 38.1 Å². The van der Waals surface area contributed by atoms with E-state index in [2.05, 4.69) is 23.7 Å². The molecule has 0 spiro atoms. The third-order valence-corrected chi connectivity index (χ3v) is 4.06. The predicted octanol–water partition coefficient (Wildman–Crippen LogP) is 4.69. The van der Waals surface area contributed by atoms with Crippen LogP contribution in [0.25, 0.3) is 11.1 Å². The Kier molecular flexibility index (Phi) is 5.96. The van der Waals surface area contributed by atoms with Crippen molar-refractivity contribution in [2.75, 3.05) is 18.0 Å². The standard InChI is InChI=1S/C20H26N2O2/c1-5-11-22(12-6-2)19-18(20(23)24)17(13-15(4)21-19)16-10-8-7-9-14(16)3/h7-10,13H,5-6,11-12H2,1-4H3,(H,23,24). The number of aryl methyl sites for hydroxylation is 2. The molecule has 4 heteroatoms. The van der Waals surface area contributed by atoms with Gasteiger partial charge >= 0.3 is 5.97 Å². The minimum absolute atomic E-state index is 0.303. The van der Waals surface area contributed by atoms with Crippen molar-refractivity contribution in [3.05, 3.63) is 47.2 Å². The average Bonchev–Trinajstić information content (AvgIpc) is 2.54. The van der Waals surface area contributed by atoms with Gasteiger partial charge in [0.05, 0.1) is 0 Å². The molecule has 0 radical (unpaired) electrons. The van der Waals surface area contributed by atoms with Crippen LogP contribution in [-0.2, 0) is 0 Å². The molecule has 0 saturated heterocycles. The van der Waals surface area contributed by atoms with Crippen molar-refractivity contribution < 1.29 is 9.90 Å². The Labute approximate surface area is 144 Å². The van der Waals surface area contributed by atoms with Gasteiger partial charge in [0, 0.05) is 24.3 Å². The molecule has 0 amide bonds. The Balaban J connectivity index is 2.73. The highest BCUT2D eigenvalue weighted by atomic mass is 16.4. The third-order valence-electron chi connectivity index (χ3n) is 4.06. The molecule has 0 saturated carbocycles. The number of hydrogen-bond donors (Lipinski definition) is 1. The number of rotatable bonds is 7. The molecule has 0 aliphatic heterocycles. The van der Waals surface area contributed by atoms with E-state index in [0.717, 1.165) is 48.3 Å². The molecule has 0 aliphatic rings. The molecule has 0 atom stereocenters. The molecule has 1 N–H and O–H groups in total. The summed E-state index contributed by atoms with van der Waals surface area (Å²) in [7, 11) is 0. The lowest BCUT2D eigenvalue weighted by atomic mass is 9.95. The average molecular weight is 326 g/mol. The van der Waals surface area contributed by atoms with E-state index in [1.54, 1.807) is 0 Å². The predicted molar refractivity (Wildman–Crippen MR) is 98.9 cm³/mol. The van der Waals surface area contributed by atoms with Crippen LogP contribution in [0.4, 0.5) is 5.82 Å². The van der Waals surface area contributed by atoms with Gasteiger partial charge in [-0.05, 0) is 43.9 Å². The number of carboxylic acid groups (broad SMARTS) is 1. The monoisotopic (exact) mass is 326 g/mol. The first-order valence-corrected chi connectivity index (χ1v) is 8.55. The number of anilines is 1. The number of pyridine rings is 1. The summed E-state index contributed by atoms with van der Waals surface area (Å²) >= 11 is 0. The van der Waals surface area contributed by atoms with E-state index in [9.17, 15) is 9.90 Å². The fourth-order valence-electron chi connectivity index (χ4n) is 3.05. The minimum Gasteiger partial charge on any atom is -0.478 e. The fraction of sp³-hybridized carbons (Fsp3) is 0.400. The van der Waals surface area contributed by atoms with Gasteiger partial charge < -0.3 is 10.0 Å². The van der Waals surface area contributed by atoms with Gasteiger partial charge in [-0.25, -0.2) is 9.78 Å². The smallest absolute Gasteiger partial charge is 0.340 e. The minimum atomic E-state index is -0.923. The highest BCUT2D eigenvalue weighted by Crippen LogP contribution is 2.33. The Bertz CT molecular complexity index is 720. The molecular formula is C20H26N2O2. The second-order valence-corrected chi connectivity index (χ2v) is 6.12. The van der Waals surface area contributed by atoms with Crippen LogP contribution in [0.2, 0.25) is 0 Å². The summed E-state index contributed by atoms with van der Waals surface area (Å²) < 4.78 is 0. The van der Waals surface area contributed by atoms with Gasteiger partial charge in [-0.15, -0.1) is 0 Å². The lowest BCUT2D eigenvalue weighted by Gasteiger charge is -2.26. The zero-order valence-electron chi connectivity index (χ0n) is 15.0. The van der Waals surface area contributed by atoms with E-state index in [1.165, 1.54) is 0 Å². The van der Waals surface area contributed by atoms with Crippen molar-refractivity contribution in [3.63, 3.8) is 0 Å². The van der Waals surface area contributed by atoms with Gasteiger partial charge in [0.1, 0.15) is 11.4 Å². The van der Waals surface area contributed by atoms with Crippen molar-refractivity contribution in [3.8, 4) is 11.1 Å². The summed E-state index contributed by atoms with van der Waals surface area (Å²) in [5, 5.41) is 9.91. The van der Waals surface area contributed by atoms with Gasteiger partial charge in [-0.2, -0.15) is 0 Å². The first-order valence-electron chi connectivity index (χ1n) is 8.55. The Morgan fingerprint density at radius 2 is 1.71 bits per heavy atom. The number of benzene rings is 1. The number of carboxylic acids is 1. The molecule has 1 aromatic heterocycles. The summed E-state index contributed by atoms with van der Waals surface area (Å²) in [6, 6.07) is 9.77. The molecule has 128 valence electrons. The maximum atomic E-state index is 12.1. The zero-order chi connectivity index (χ0) is 17.7. The summed E-state index contributed by atoms with van der Waals surface area (Å²) in [6.45, 7) is 9.73. The summed E-state index contributed by atoms with van der Waals surface area (Å²) in [4.78, 5) is 18.8. The number of hydrogen-bond acceptors (Lipinski definition) is 3. The van der Waals surface area contributed by atoms with Crippen molar-refractivity contribution in [1.29, 1.82) is 0 Å². The molecular weight excluding hydrogens is 300 g/mol. The van der Waals surface area contributed by atoms with Crippen LogP contribution in [0.3, 0.4) is 0 Å². The SMILES string of the molecule is CCCN(CCC)c1nc(C)cc(-c2ccccc2C)c1C(=O)O. The summed E-state index contributed by atoms with van der Waals surface area (Å²) in [5.41, 5.74) is 3.91. The van der Waals surface area contributed by atoms with Crippen LogP contribution >= 0.6 is 0 Å². The van der Waals surface area contributed by atoms with Crippen LogP contribution in [0.5, 0.6) is 0 Å². The summed E-state index contributed by atoms with van der Waals surface area (Å²) in [5.74, 6) is -0.336. The van der Waals surface area contributed by atoms with Crippen molar-refractivity contribution >= 4 is 11.8 Å². The van der Waals surface area contributed by atoms with Crippen LogP contribution in [0, 0.1) is 13.8 Å². The van der Waals surface area contributed by atoms with Crippen molar-refractivity contribution in [1.82, 2.24) is 4.98 Å². The molecule has 4 nitrogen and oxygen atoms in total. The Hall–Kier alpha value is -2.36. The highest BCUT2D eigenvalue weighted by Gasteiger charge is 2.23. The van der Waals surface area contributed by atoms with E-state index >= 15 is 0 Å². The number of aromatic nitrogens is 1. The number of carbonyl (C=O) groups is 1. The van der Waals surface area contributed by atoms with Crippen LogP contribution < -0.4 is 4.90 Å². The van der Waals surface area contributed by atoms with E-state index in [-0.39, 0.29) is 0 Å². The lowest BCUT2D eigenvalue weighted by molar-refractivity contribution is 0.0698. The van der Waals surface area contributed by atoms with E-state index in [1.807, 2.05) is 44.2 Å². The fourth-order valence-corrected chi connectivity index (χ4v) is 3.05. The highest BCUT2D eigenvalue weighted by molar-refractivity contribution is 6.01. The number of nitrogens with zero attached hydrogens (tertiary/aromatic N) is 2. The van der Waals surface area contributed by atoms with Crippen molar-refractivity contribution in [2.24, 2.45) is 0 Å². The van der Waals surface area contributed by atoms with Gasteiger partial charge in [0.2, 0.25) is 0 Å². The van der Waals surface area contributed by atoms with Gasteiger partial charge in [0.25, 0.3) is 0 Å². The third kappa shape index (κ3) is 3.75. The first-order chi connectivity index (χ1) is 11.5. The van der Waals surface area contributed by atoms with E-state index in [4.69, 9.17) is 0 Å². The molecule has 0 fully saturated rings. The van der Waals surface area contributed by atoms with Crippen LogP contribution in [0.1, 0.15) is 48.3 Å². The Morgan fingerprint density at radius 3 is 2.25 bits per heavy atom. The molecule has 1 heterocycles. The first kappa shape index (κ1) is 18.0. The normalized spacial score (nSPS) is 10.7. The summed E-state index contributed by atoms with van der Waals surface area (Å²) in [6.07, 6.45) is 1.91. The second-order valence-electron chi connectivity index (χ2n) is 6.12. The van der Waals surface area contributed by atoms with Crippen LogP contribution in [0.15, 0.2) is 30.3 Å². The maximum absolute atomic E-state index is 12.1. The van der Waals surface area contributed by atoms with Crippen LogP contribution in [-0.4, -0.2) is 29.1 Å². The molecule has 2 aromatic rings. The number of aromatic carboxylic acids is 1. The topological polar surface area (TPSA) is 53.4 Å². The Morgan fingerprint density at radius 1 is 1.08 bits per heavy atom. The largest absolute Gasteiger partial charge is 0.478 e. The molecule has 0 aliphatic carbocycles. The quantitative estimate of drug-likeness (QED) is 0.802. The van der Waals surface area contributed by atoms with E-state index < -0.39 is 5.97 Å².